The largest absolute Gasteiger partial charge is 0.383 e. The Morgan fingerprint density at radius 3 is 2.92 bits per heavy atom. The number of likely N-dealkylation sites (tertiary alicyclic amines) is 1. The minimum Gasteiger partial charge on any atom is -0.383 e. The van der Waals surface area contributed by atoms with Crippen molar-refractivity contribution < 1.29 is 13.9 Å². The minimum absolute atomic E-state index is 0.127. The number of nitrogens with two attached hydrogens (primary N) is 1. The number of carbonyl (C=O) groups excluding carboxylic acids is 1. The molecule has 4 heterocycles. The molecule has 1 saturated heterocycles. The predicted molar refractivity (Wildman–Crippen MR) is 134 cm³/mol. The molecule has 188 valence electrons. The average molecular weight is 501 g/mol. The quantitative estimate of drug-likeness (QED) is 0.330. The van der Waals surface area contributed by atoms with Gasteiger partial charge in [0.1, 0.15) is 29.2 Å². The number of methoxy groups -OCH3 is 1. The van der Waals surface area contributed by atoms with E-state index in [0.717, 1.165) is 18.4 Å². The van der Waals surface area contributed by atoms with Crippen molar-refractivity contribution in [3.8, 4) is 11.8 Å². The summed E-state index contributed by atoms with van der Waals surface area (Å²) in [6.45, 7) is 4.42. The summed E-state index contributed by atoms with van der Waals surface area (Å²) in [5.74, 6) is 5.97. The van der Waals surface area contributed by atoms with Crippen LogP contribution < -0.4 is 5.73 Å². The Kier molecular flexibility index (Phi) is 5.61. The SMILES string of the molecule is C=CC(=O)N1C[C@@H](c2nc(C#Cc3cc4ncn(C5CC5)c4cc3F)c3c(N)ncnn23)C[C@@H]1COC. The number of anilines is 1. The smallest absolute Gasteiger partial charge is 0.246 e. The molecule has 0 unspecified atom stereocenters. The summed E-state index contributed by atoms with van der Waals surface area (Å²) in [5.41, 5.74) is 8.65. The zero-order valence-electron chi connectivity index (χ0n) is 20.3. The van der Waals surface area contributed by atoms with Crippen LogP contribution in [0.15, 0.2) is 37.4 Å². The number of nitrogens with zero attached hydrogens (tertiary/aromatic N) is 7. The van der Waals surface area contributed by atoms with Crippen LogP contribution >= 0.6 is 0 Å². The van der Waals surface area contributed by atoms with Crippen LogP contribution in [0.2, 0.25) is 0 Å². The van der Waals surface area contributed by atoms with Gasteiger partial charge in [0, 0.05) is 31.7 Å². The number of aromatic nitrogens is 6. The molecule has 2 atom stereocenters. The van der Waals surface area contributed by atoms with E-state index < -0.39 is 5.82 Å². The van der Waals surface area contributed by atoms with Gasteiger partial charge in [-0.2, -0.15) is 5.10 Å². The Balaban J connectivity index is 1.39. The van der Waals surface area contributed by atoms with E-state index in [1.165, 1.54) is 18.5 Å². The Morgan fingerprint density at radius 1 is 1.32 bits per heavy atom. The van der Waals surface area contributed by atoms with E-state index in [1.807, 2.05) is 4.57 Å². The zero-order chi connectivity index (χ0) is 25.7. The van der Waals surface area contributed by atoms with Crippen LogP contribution in [0.4, 0.5) is 10.2 Å². The maximum Gasteiger partial charge on any atom is 0.246 e. The molecule has 1 aliphatic heterocycles. The third kappa shape index (κ3) is 3.99. The van der Waals surface area contributed by atoms with E-state index in [-0.39, 0.29) is 29.2 Å². The number of hydrogen-bond donors (Lipinski definition) is 1. The molecule has 0 bridgehead atoms. The van der Waals surface area contributed by atoms with E-state index in [4.69, 9.17) is 15.5 Å². The second-order valence-electron chi connectivity index (χ2n) is 9.41. The molecule has 6 rings (SSSR count). The number of benzene rings is 1. The Hall–Kier alpha value is -4.30. The van der Waals surface area contributed by atoms with Crippen molar-refractivity contribution >= 4 is 28.3 Å². The highest BCUT2D eigenvalue weighted by molar-refractivity contribution is 5.87. The fourth-order valence-electron chi connectivity index (χ4n) is 5.08. The molecule has 0 radical (unpaired) electrons. The highest BCUT2D eigenvalue weighted by atomic mass is 19.1. The normalized spacial score (nSPS) is 19.4. The molecule has 2 N–H and O–H groups in total. The first kappa shape index (κ1) is 23.1. The molecule has 4 aromatic rings. The number of halogens is 1. The first-order chi connectivity index (χ1) is 18.0. The van der Waals surface area contributed by atoms with Crippen molar-refractivity contribution in [1.82, 2.24) is 34.0 Å². The molecule has 1 saturated carbocycles. The first-order valence-electron chi connectivity index (χ1n) is 12.1. The van der Waals surface area contributed by atoms with E-state index >= 15 is 0 Å². The van der Waals surface area contributed by atoms with Gasteiger partial charge in [-0.15, -0.1) is 0 Å². The Morgan fingerprint density at radius 2 is 2.16 bits per heavy atom. The summed E-state index contributed by atoms with van der Waals surface area (Å²) in [5, 5.41) is 4.36. The molecule has 3 aromatic heterocycles. The van der Waals surface area contributed by atoms with Crippen LogP contribution in [0.3, 0.4) is 0 Å². The minimum atomic E-state index is -0.424. The molecule has 0 spiro atoms. The van der Waals surface area contributed by atoms with Gasteiger partial charge in [-0.05, 0) is 37.3 Å². The van der Waals surface area contributed by atoms with Gasteiger partial charge in [-0.3, -0.25) is 4.79 Å². The van der Waals surface area contributed by atoms with Gasteiger partial charge in [0.15, 0.2) is 5.82 Å². The third-order valence-corrected chi connectivity index (χ3v) is 7.00. The van der Waals surface area contributed by atoms with Crippen LogP contribution in [0.1, 0.15) is 48.3 Å². The summed E-state index contributed by atoms with van der Waals surface area (Å²) in [4.78, 5) is 27.4. The number of ether oxygens (including phenoxy) is 1. The van der Waals surface area contributed by atoms with Gasteiger partial charge in [0.05, 0.1) is 35.6 Å². The maximum absolute atomic E-state index is 15.0. The van der Waals surface area contributed by atoms with Crippen molar-refractivity contribution in [2.75, 3.05) is 26.0 Å². The van der Waals surface area contributed by atoms with Crippen molar-refractivity contribution in [1.29, 1.82) is 0 Å². The fourth-order valence-corrected chi connectivity index (χ4v) is 5.08. The highest BCUT2D eigenvalue weighted by Crippen LogP contribution is 2.37. The average Bonchev–Trinajstić information content (AvgIpc) is 3.35. The number of nitrogen functional groups attached to an aromatic ring is 1. The van der Waals surface area contributed by atoms with Crippen molar-refractivity contribution in [2.24, 2.45) is 0 Å². The number of carbonyl (C=O) groups is 1. The monoisotopic (exact) mass is 500 g/mol. The van der Waals surface area contributed by atoms with Crippen molar-refractivity contribution in [3.63, 3.8) is 0 Å². The van der Waals surface area contributed by atoms with Gasteiger partial charge in [0.2, 0.25) is 5.91 Å². The maximum atomic E-state index is 15.0. The molecule has 1 aromatic carbocycles. The van der Waals surface area contributed by atoms with E-state index in [1.54, 1.807) is 28.9 Å². The van der Waals surface area contributed by atoms with Gasteiger partial charge in [-0.25, -0.2) is 23.9 Å². The zero-order valence-corrected chi connectivity index (χ0v) is 20.3. The number of fused-ring (bicyclic) bond motifs is 2. The Labute approximate surface area is 212 Å². The Bertz CT molecular complexity index is 1610. The second kappa shape index (κ2) is 8.97. The number of imidazole rings is 2. The predicted octanol–water partition coefficient (Wildman–Crippen LogP) is 2.45. The molecule has 10 nitrogen and oxygen atoms in total. The molecular weight excluding hydrogens is 475 g/mol. The molecule has 11 heteroatoms. The summed E-state index contributed by atoms with van der Waals surface area (Å²) < 4.78 is 24.0. The van der Waals surface area contributed by atoms with Gasteiger partial charge in [-0.1, -0.05) is 12.5 Å². The summed E-state index contributed by atoms with van der Waals surface area (Å²) >= 11 is 0. The lowest BCUT2D eigenvalue weighted by Gasteiger charge is -2.22. The first-order valence-corrected chi connectivity index (χ1v) is 12.1. The topological polar surface area (TPSA) is 116 Å². The van der Waals surface area contributed by atoms with Crippen LogP contribution in [-0.2, 0) is 9.53 Å². The standard InChI is InChI=1S/C26H25FN8O2/c1-3-23(36)33-11-16(8-18(33)12-37-2)26-32-20(24-25(28)29-13-31-35(24)26)7-4-15-9-21-22(10-19(15)27)34(14-30-21)17-5-6-17/h3,9-10,13-14,16-18H,1,5-6,8,11-12H2,2H3,(H2,28,29,31)/t16-,18+/m0/s1. The number of hydrogen-bond acceptors (Lipinski definition) is 7. The fraction of sp³-hybridized carbons (Fsp3) is 0.346. The van der Waals surface area contributed by atoms with E-state index in [9.17, 15) is 9.18 Å². The summed E-state index contributed by atoms with van der Waals surface area (Å²) in [6.07, 6.45) is 7.19. The third-order valence-electron chi connectivity index (χ3n) is 7.00. The number of rotatable bonds is 5. The van der Waals surface area contributed by atoms with Crippen molar-refractivity contribution in [2.45, 2.75) is 37.3 Å². The molecule has 1 amide bonds. The van der Waals surface area contributed by atoms with Crippen LogP contribution in [0.25, 0.3) is 16.6 Å². The van der Waals surface area contributed by atoms with Crippen LogP contribution in [0, 0.1) is 17.7 Å². The van der Waals surface area contributed by atoms with Crippen molar-refractivity contribution in [3.05, 3.63) is 60.3 Å². The van der Waals surface area contributed by atoms with E-state index in [2.05, 4.69) is 33.5 Å². The lowest BCUT2D eigenvalue weighted by molar-refractivity contribution is -0.127. The molecule has 2 fully saturated rings. The summed E-state index contributed by atoms with van der Waals surface area (Å²) in [6, 6.07) is 3.41. The highest BCUT2D eigenvalue weighted by Gasteiger charge is 2.38. The molecule has 37 heavy (non-hydrogen) atoms. The number of amides is 1. The second-order valence-corrected chi connectivity index (χ2v) is 9.41. The van der Waals surface area contributed by atoms with Gasteiger partial charge >= 0.3 is 0 Å². The van der Waals surface area contributed by atoms with Gasteiger partial charge < -0.3 is 19.9 Å². The van der Waals surface area contributed by atoms with Gasteiger partial charge in [0.25, 0.3) is 0 Å². The lowest BCUT2D eigenvalue weighted by atomic mass is 10.1. The lowest BCUT2D eigenvalue weighted by Crippen LogP contribution is -2.37. The molecule has 2 aliphatic rings. The van der Waals surface area contributed by atoms with E-state index in [0.29, 0.717) is 48.2 Å². The van der Waals surface area contributed by atoms with Crippen LogP contribution in [-0.4, -0.2) is 66.2 Å². The summed E-state index contributed by atoms with van der Waals surface area (Å²) in [7, 11) is 1.60. The van der Waals surface area contributed by atoms with Crippen LogP contribution in [0.5, 0.6) is 0 Å². The molecule has 1 aliphatic carbocycles. The molecular formula is C26H25FN8O2.